The number of rotatable bonds is 8. The van der Waals surface area contributed by atoms with E-state index in [9.17, 15) is 4.79 Å². The molecule has 0 bridgehead atoms. The van der Waals surface area contributed by atoms with Gasteiger partial charge in [-0.25, -0.2) is 0 Å². The third-order valence-electron chi connectivity index (χ3n) is 3.28. The summed E-state index contributed by atoms with van der Waals surface area (Å²) in [6.07, 6.45) is 0.217. The fourth-order valence-corrected chi connectivity index (χ4v) is 2.21. The van der Waals surface area contributed by atoms with Crippen LogP contribution in [0.15, 0.2) is 53.0 Å². The Labute approximate surface area is 151 Å². The van der Waals surface area contributed by atoms with Crippen molar-refractivity contribution in [3.05, 3.63) is 64.1 Å². The lowest BCUT2D eigenvalue weighted by Gasteiger charge is -2.09. The number of halogens is 1. The second-order valence-corrected chi connectivity index (χ2v) is 6.61. The van der Waals surface area contributed by atoms with Gasteiger partial charge in [0, 0.05) is 11.0 Å². The Morgan fingerprint density at radius 1 is 1.04 bits per heavy atom. The summed E-state index contributed by atoms with van der Waals surface area (Å²) in [6.45, 7) is 5.11. The maximum Gasteiger partial charge on any atom is 0.258 e. The van der Waals surface area contributed by atoms with Crippen LogP contribution >= 0.6 is 15.9 Å². The molecule has 0 saturated carbocycles. The molecular formula is C19H22BrNO3. The molecule has 0 aromatic heterocycles. The summed E-state index contributed by atoms with van der Waals surface area (Å²) >= 11 is 3.36. The van der Waals surface area contributed by atoms with Crippen LogP contribution in [0.2, 0.25) is 0 Å². The summed E-state index contributed by atoms with van der Waals surface area (Å²) in [5.41, 5.74) is 2.16. The molecule has 0 fully saturated rings. The number of carbonyl (C=O) groups is 1. The van der Waals surface area contributed by atoms with Crippen LogP contribution < -0.4 is 10.1 Å². The van der Waals surface area contributed by atoms with E-state index in [1.54, 1.807) is 0 Å². The maximum atomic E-state index is 11.8. The molecule has 0 atom stereocenters. The van der Waals surface area contributed by atoms with Crippen molar-refractivity contribution in [3.8, 4) is 5.75 Å². The van der Waals surface area contributed by atoms with Crippen molar-refractivity contribution in [1.29, 1.82) is 0 Å². The van der Waals surface area contributed by atoms with Crippen LogP contribution in [0.3, 0.4) is 0 Å². The first-order valence-electron chi connectivity index (χ1n) is 7.87. The highest BCUT2D eigenvalue weighted by molar-refractivity contribution is 9.10. The molecule has 0 heterocycles. The molecule has 5 heteroatoms. The lowest BCUT2D eigenvalue weighted by atomic mass is 10.1. The number of benzene rings is 2. The van der Waals surface area contributed by atoms with E-state index < -0.39 is 0 Å². The molecule has 0 aliphatic heterocycles. The monoisotopic (exact) mass is 391 g/mol. The van der Waals surface area contributed by atoms with Gasteiger partial charge in [-0.3, -0.25) is 4.79 Å². The molecule has 2 rings (SSSR count). The van der Waals surface area contributed by atoms with Gasteiger partial charge in [-0.2, -0.15) is 0 Å². The zero-order chi connectivity index (χ0) is 17.4. The van der Waals surface area contributed by atoms with E-state index in [0.717, 1.165) is 15.6 Å². The number of ether oxygens (including phenoxy) is 2. The predicted molar refractivity (Wildman–Crippen MR) is 97.9 cm³/mol. The summed E-state index contributed by atoms with van der Waals surface area (Å²) in [4.78, 5) is 11.8. The van der Waals surface area contributed by atoms with Gasteiger partial charge in [0.15, 0.2) is 6.61 Å². The second-order valence-electron chi connectivity index (χ2n) is 5.70. The van der Waals surface area contributed by atoms with Crippen molar-refractivity contribution >= 4 is 21.8 Å². The van der Waals surface area contributed by atoms with Crippen LogP contribution in [0.25, 0.3) is 0 Å². The third kappa shape index (κ3) is 6.72. The Hall–Kier alpha value is -1.85. The van der Waals surface area contributed by atoms with E-state index in [-0.39, 0.29) is 18.6 Å². The number of nitrogens with one attached hydrogen (secondary N) is 1. The number of hydrogen-bond donors (Lipinski definition) is 1. The first-order chi connectivity index (χ1) is 11.5. The van der Waals surface area contributed by atoms with Crippen LogP contribution in [0.1, 0.15) is 25.0 Å². The third-order valence-corrected chi connectivity index (χ3v) is 3.81. The molecule has 24 heavy (non-hydrogen) atoms. The zero-order valence-electron chi connectivity index (χ0n) is 13.9. The van der Waals surface area contributed by atoms with Gasteiger partial charge in [0.2, 0.25) is 0 Å². The second kappa shape index (κ2) is 9.45. The molecule has 1 amide bonds. The first-order valence-corrected chi connectivity index (χ1v) is 8.66. The number of carbonyl (C=O) groups excluding carboxylic acids is 1. The van der Waals surface area contributed by atoms with E-state index in [2.05, 4.69) is 21.2 Å². The van der Waals surface area contributed by atoms with E-state index in [1.807, 2.05) is 62.4 Å². The van der Waals surface area contributed by atoms with Crippen LogP contribution in [-0.2, 0) is 22.7 Å². The Morgan fingerprint density at radius 2 is 1.67 bits per heavy atom. The first kappa shape index (κ1) is 18.5. The Balaban J connectivity index is 1.72. The molecule has 128 valence electrons. The minimum absolute atomic E-state index is 0.00193. The van der Waals surface area contributed by atoms with Crippen molar-refractivity contribution in [2.75, 3.05) is 6.61 Å². The zero-order valence-corrected chi connectivity index (χ0v) is 15.5. The predicted octanol–water partition coefficient (Wildman–Crippen LogP) is 4.07. The highest BCUT2D eigenvalue weighted by atomic mass is 79.9. The topological polar surface area (TPSA) is 47.6 Å². The van der Waals surface area contributed by atoms with Gasteiger partial charge in [0.05, 0.1) is 12.7 Å². The average molecular weight is 392 g/mol. The molecule has 0 spiro atoms. The molecule has 0 aliphatic rings. The molecule has 0 aliphatic carbocycles. The average Bonchev–Trinajstić information content (AvgIpc) is 2.58. The van der Waals surface area contributed by atoms with E-state index >= 15 is 0 Å². The SMILES string of the molecule is CC(C)OCc1ccc(CNC(=O)COc2ccc(Br)cc2)cc1. The van der Waals surface area contributed by atoms with Crippen LogP contribution in [-0.4, -0.2) is 18.6 Å². The molecule has 2 aromatic carbocycles. The molecule has 0 radical (unpaired) electrons. The maximum absolute atomic E-state index is 11.8. The van der Waals surface area contributed by atoms with Crippen LogP contribution in [0.5, 0.6) is 5.75 Å². The quantitative estimate of drug-likeness (QED) is 0.737. The van der Waals surface area contributed by atoms with Gasteiger partial charge in [0.1, 0.15) is 5.75 Å². The highest BCUT2D eigenvalue weighted by Gasteiger charge is 2.03. The largest absolute Gasteiger partial charge is 0.484 e. The minimum atomic E-state index is -0.148. The lowest BCUT2D eigenvalue weighted by Crippen LogP contribution is -2.28. The standard InChI is InChI=1S/C19H22BrNO3/c1-14(2)23-12-16-5-3-15(4-6-16)11-21-19(22)13-24-18-9-7-17(20)8-10-18/h3-10,14H,11-13H2,1-2H3,(H,21,22). The van der Waals surface area contributed by atoms with Crippen molar-refractivity contribution in [1.82, 2.24) is 5.32 Å². The summed E-state index contributed by atoms with van der Waals surface area (Å²) in [5, 5.41) is 2.85. The Bertz CT molecular complexity index is 639. The number of hydrogen-bond acceptors (Lipinski definition) is 3. The molecule has 0 unspecified atom stereocenters. The van der Waals surface area contributed by atoms with Gasteiger partial charge in [-0.1, -0.05) is 40.2 Å². The van der Waals surface area contributed by atoms with Crippen LogP contribution in [0.4, 0.5) is 0 Å². The van der Waals surface area contributed by atoms with Crippen molar-refractivity contribution < 1.29 is 14.3 Å². The summed E-state index contributed by atoms with van der Waals surface area (Å²) in [5.74, 6) is 0.521. The highest BCUT2D eigenvalue weighted by Crippen LogP contribution is 2.15. The molecule has 4 nitrogen and oxygen atoms in total. The summed E-state index contributed by atoms with van der Waals surface area (Å²) in [6, 6.07) is 15.4. The van der Waals surface area contributed by atoms with Gasteiger partial charge >= 0.3 is 0 Å². The molecule has 1 N–H and O–H groups in total. The molecular weight excluding hydrogens is 370 g/mol. The van der Waals surface area contributed by atoms with E-state index in [0.29, 0.717) is 18.9 Å². The summed E-state index contributed by atoms with van der Waals surface area (Å²) in [7, 11) is 0. The van der Waals surface area contributed by atoms with Crippen molar-refractivity contribution in [2.45, 2.75) is 33.1 Å². The lowest BCUT2D eigenvalue weighted by molar-refractivity contribution is -0.123. The van der Waals surface area contributed by atoms with Gasteiger partial charge in [-0.15, -0.1) is 0 Å². The van der Waals surface area contributed by atoms with Gasteiger partial charge in [0.25, 0.3) is 5.91 Å². The smallest absolute Gasteiger partial charge is 0.258 e. The Morgan fingerprint density at radius 3 is 2.29 bits per heavy atom. The minimum Gasteiger partial charge on any atom is -0.484 e. The fraction of sp³-hybridized carbons (Fsp3) is 0.316. The van der Waals surface area contributed by atoms with E-state index in [4.69, 9.17) is 9.47 Å². The number of amides is 1. The molecule has 0 saturated heterocycles. The summed E-state index contributed by atoms with van der Waals surface area (Å²) < 4.78 is 12.0. The van der Waals surface area contributed by atoms with E-state index in [1.165, 1.54) is 0 Å². The van der Waals surface area contributed by atoms with Gasteiger partial charge in [-0.05, 0) is 49.2 Å². The fourth-order valence-electron chi connectivity index (χ4n) is 1.95. The molecule has 2 aromatic rings. The van der Waals surface area contributed by atoms with Gasteiger partial charge < -0.3 is 14.8 Å². The van der Waals surface area contributed by atoms with Crippen molar-refractivity contribution in [3.63, 3.8) is 0 Å². The van der Waals surface area contributed by atoms with Crippen molar-refractivity contribution in [2.24, 2.45) is 0 Å². The van der Waals surface area contributed by atoms with Crippen LogP contribution in [0, 0.1) is 0 Å². The Kier molecular flexibility index (Phi) is 7.28. The normalized spacial score (nSPS) is 10.7.